The highest BCUT2D eigenvalue weighted by atomic mass is 16.7. The van der Waals surface area contributed by atoms with Crippen molar-refractivity contribution in [2.45, 2.75) is 57.7 Å². The zero-order chi connectivity index (χ0) is 11.9. The minimum absolute atomic E-state index is 0.337. The molecule has 2 heteroatoms. The summed E-state index contributed by atoms with van der Waals surface area (Å²) >= 11 is 0. The number of hydrogen-bond donors (Lipinski definition) is 0. The molecule has 0 amide bonds. The molecule has 0 bridgehead atoms. The van der Waals surface area contributed by atoms with E-state index in [1.807, 2.05) is 0 Å². The van der Waals surface area contributed by atoms with Gasteiger partial charge in [0.15, 0.2) is 11.5 Å². The molecule has 0 saturated heterocycles. The van der Waals surface area contributed by atoms with E-state index < -0.39 is 0 Å². The van der Waals surface area contributed by atoms with E-state index >= 15 is 0 Å². The standard InChI is InChI=1S/C15H20O2/c1-11(2)12-6-7-13-14(10-12)17-15(16-13)8-4-3-5-9-15/h6-7,10-11H,3-5,8-9H2,1-2H3. The van der Waals surface area contributed by atoms with E-state index in [-0.39, 0.29) is 5.79 Å². The fourth-order valence-electron chi connectivity index (χ4n) is 2.76. The average Bonchev–Trinajstić information content (AvgIpc) is 2.66. The molecule has 1 aliphatic carbocycles. The summed E-state index contributed by atoms with van der Waals surface area (Å²) in [4.78, 5) is 0. The van der Waals surface area contributed by atoms with Gasteiger partial charge >= 0.3 is 0 Å². The second-order valence-electron chi connectivity index (χ2n) is 5.54. The molecule has 0 aromatic heterocycles. The molecule has 92 valence electrons. The minimum Gasteiger partial charge on any atom is -0.448 e. The third kappa shape index (κ3) is 1.90. The first-order chi connectivity index (χ1) is 8.19. The maximum absolute atomic E-state index is 6.10. The van der Waals surface area contributed by atoms with Gasteiger partial charge in [0.1, 0.15) is 0 Å². The third-order valence-electron chi connectivity index (χ3n) is 3.84. The Hall–Kier alpha value is -1.18. The van der Waals surface area contributed by atoms with Gasteiger partial charge in [0.25, 0.3) is 5.79 Å². The molecule has 1 aliphatic heterocycles. The summed E-state index contributed by atoms with van der Waals surface area (Å²) in [5.41, 5.74) is 1.32. The van der Waals surface area contributed by atoms with Gasteiger partial charge in [-0.15, -0.1) is 0 Å². The topological polar surface area (TPSA) is 18.5 Å². The first kappa shape index (κ1) is 10.9. The van der Waals surface area contributed by atoms with Gasteiger partial charge in [-0.25, -0.2) is 0 Å². The number of benzene rings is 1. The molecule has 0 N–H and O–H groups in total. The summed E-state index contributed by atoms with van der Waals surface area (Å²) in [6.07, 6.45) is 5.79. The van der Waals surface area contributed by atoms with Crippen molar-refractivity contribution < 1.29 is 9.47 Å². The molecule has 3 rings (SSSR count). The summed E-state index contributed by atoms with van der Waals surface area (Å²) in [7, 11) is 0. The van der Waals surface area contributed by atoms with E-state index in [0.717, 1.165) is 24.3 Å². The fraction of sp³-hybridized carbons (Fsp3) is 0.600. The third-order valence-corrected chi connectivity index (χ3v) is 3.84. The predicted molar refractivity (Wildman–Crippen MR) is 67.6 cm³/mol. The van der Waals surface area contributed by atoms with Crippen LogP contribution in [-0.2, 0) is 0 Å². The summed E-state index contributed by atoms with van der Waals surface area (Å²) < 4.78 is 12.2. The molecule has 1 spiro atoms. The Morgan fingerprint density at radius 2 is 1.71 bits per heavy atom. The maximum Gasteiger partial charge on any atom is 0.251 e. The Balaban J connectivity index is 1.87. The molecule has 0 atom stereocenters. The molecule has 1 heterocycles. The molecule has 17 heavy (non-hydrogen) atoms. The Bertz CT molecular complexity index is 417. The van der Waals surface area contributed by atoms with Crippen molar-refractivity contribution in [3.8, 4) is 11.5 Å². The second kappa shape index (κ2) is 3.94. The Labute approximate surface area is 103 Å². The minimum atomic E-state index is -0.337. The van der Waals surface area contributed by atoms with Crippen LogP contribution in [-0.4, -0.2) is 5.79 Å². The van der Waals surface area contributed by atoms with E-state index in [1.165, 1.54) is 24.8 Å². The Kier molecular flexibility index (Phi) is 2.53. The van der Waals surface area contributed by atoms with Crippen LogP contribution in [0.25, 0.3) is 0 Å². The van der Waals surface area contributed by atoms with E-state index in [9.17, 15) is 0 Å². The van der Waals surface area contributed by atoms with Gasteiger partial charge < -0.3 is 9.47 Å². The molecule has 0 radical (unpaired) electrons. The van der Waals surface area contributed by atoms with Crippen molar-refractivity contribution in [2.75, 3.05) is 0 Å². The highest BCUT2D eigenvalue weighted by molar-refractivity contribution is 5.46. The molecule has 2 nitrogen and oxygen atoms in total. The van der Waals surface area contributed by atoms with Crippen molar-refractivity contribution in [3.63, 3.8) is 0 Å². The summed E-state index contributed by atoms with van der Waals surface area (Å²) in [6.45, 7) is 4.40. The molecule has 1 aromatic rings. The van der Waals surface area contributed by atoms with Crippen LogP contribution in [0.3, 0.4) is 0 Å². The number of hydrogen-bond acceptors (Lipinski definition) is 2. The van der Waals surface area contributed by atoms with Gasteiger partial charge in [-0.1, -0.05) is 26.3 Å². The Morgan fingerprint density at radius 1 is 1.00 bits per heavy atom. The second-order valence-corrected chi connectivity index (χ2v) is 5.54. The van der Waals surface area contributed by atoms with E-state index in [2.05, 4.69) is 32.0 Å². The van der Waals surface area contributed by atoms with Gasteiger partial charge in [0.05, 0.1) is 0 Å². The molecule has 0 unspecified atom stereocenters. The van der Waals surface area contributed by atoms with Gasteiger partial charge in [-0.3, -0.25) is 0 Å². The highest BCUT2D eigenvalue weighted by Crippen LogP contribution is 2.46. The van der Waals surface area contributed by atoms with Crippen molar-refractivity contribution in [3.05, 3.63) is 23.8 Å². The van der Waals surface area contributed by atoms with Gasteiger partial charge in [-0.05, 0) is 36.5 Å². The molecular weight excluding hydrogens is 212 g/mol. The SMILES string of the molecule is CC(C)c1ccc2c(c1)OC1(CCCCC1)O2. The fourth-order valence-corrected chi connectivity index (χ4v) is 2.76. The summed E-state index contributed by atoms with van der Waals surface area (Å²) in [5, 5.41) is 0. The number of ether oxygens (including phenoxy) is 2. The largest absolute Gasteiger partial charge is 0.448 e. The maximum atomic E-state index is 6.10. The smallest absolute Gasteiger partial charge is 0.251 e. The van der Waals surface area contributed by atoms with E-state index in [0.29, 0.717) is 5.92 Å². The van der Waals surface area contributed by atoms with Crippen molar-refractivity contribution >= 4 is 0 Å². The van der Waals surface area contributed by atoms with Crippen molar-refractivity contribution in [2.24, 2.45) is 0 Å². The lowest BCUT2D eigenvalue weighted by Crippen LogP contribution is -2.40. The van der Waals surface area contributed by atoms with Crippen LogP contribution in [0.4, 0.5) is 0 Å². The van der Waals surface area contributed by atoms with E-state index in [4.69, 9.17) is 9.47 Å². The van der Waals surface area contributed by atoms with Crippen LogP contribution in [0, 0.1) is 0 Å². The lowest BCUT2D eigenvalue weighted by molar-refractivity contribution is -0.105. The quantitative estimate of drug-likeness (QED) is 0.721. The first-order valence-electron chi connectivity index (χ1n) is 6.71. The van der Waals surface area contributed by atoms with Crippen molar-refractivity contribution in [1.82, 2.24) is 0 Å². The van der Waals surface area contributed by atoms with Gasteiger partial charge in [-0.2, -0.15) is 0 Å². The van der Waals surface area contributed by atoms with E-state index in [1.54, 1.807) is 0 Å². The van der Waals surface area contributed by atoms with Crippen LogP contribution >= 0.6 is 0 Å². The zero-order valence-corrected chi connectivity index (χ0v) is 10.7. The van der Waals surface area contributed by atoms with Crippen LogP contribution in [0.5, 0.6) is 11.5 Å². The van der Waals surface area contributed by atoms with Crippen LogP contribution in [0.1, 0.15) is 57.4 Å². The number of rotatable bonds is 1. The monoisotopic (exact) mass is 232 g/mol. The normalized spacial score (nSPS) is 21.1. The van der Waals surface area contributed by atoms with Crippen LogP contribution in [0.15, 0.2) is 18.2 Å². The summed E-state index contributed by atoms with van der Waals surface area (Å²) in [5.74, 6) is 2.07. The van der Waals surface area contributed by atoms with Crippen molar-refractivity contribution in [1.29, 1.82) is 0 Å². The molecule has 2 aliphatic rings. The number of fused-ring (bicyclic) bond motifs is 1. The van der Waals surface area contributed by atoms with Crippen LogP contribution < -0.4 is 9.47 Å². The summed E-state index contributed by atoms with van der Waals surface area (Å²) in [6, 6.07) is 6.35. The lowest BCUT2D eigenvalue weighted by Gasteiger charge is -2.31. The van der Waals surface area contributed by atoms with Gasteiger partial charge in [0.2, 0.25) is 0 Å². The molecule has 1 saturated carbocycles. The Morgan fingerprint density at radius 3 is 2.41 bits per heavy atom. The molecule has 1 aromatic carbocycles. The zero-order valence-electron chi connectivity index (χ0n) is 10.7. The van der Waals surface area contributed by atoms with Gasteiger partial charge in [0, 0.05) is 12.8 Å². The first-order valence-corrected chi connectivity index (χ1v) is 6.71. The average molecular weight is 232 g/mol. The van der Waals surface area contributed by atoms with Crippen LogP contribution in [0.2, 0.25) is 0 Å². The predicted octanol–water partition coefficient (Wildman–Crippen LogP) is 4.24. The molecular formula is C15H20O2. The lowest BCUT2D eigenvalue weighted by atomic mass is 9.94. The molecule has 1 fully saturated rings. The highest BCUT2D eigenvalue weighted by Gasteiger charge is 2.42.